The molecule has 1 N–H and O–H groups in total. The first-order valence-electron chi connectivity index (χ1n) is 7.57. The number of nitrogens with zero attached hydrogens (tertiary/aromatic N) is 3. The summed E-state index contributed by atoms with van der Waals surface area (Å²) in [5.74, 6) is -0.767. The molecule has 8 heteroatoms. The molecule has 0 spiro atoms. The van der Waals surface area contributed by atoms with Crippen LogP contribution in [0.3, 0.4) is 0 Å². The largest absolute Gasteiger partial charge is 0.293 e. The Balaban J connectivity index is 1.65. The zero-order valence-electron chi connectivity index (χ0n) is 13.4. The number of carbonyl (C=O) groups is 1. The number of hydrogen-bond donors (Lipinski definition) is 1. The van der Waals surface area contributed by atoms with Crippen LogP contribution in [0.4, 0.5) is 4.39 Å². The monoisotopic (exact) mass is 478 g/mol. The molecule has 0 unspecified atom stereocenters. The molecule has 2 aromatic carbocycles. The minimum atomic E-state index is -0.440. The Morgan fingerprint density at radius 3 is 2.54 bits per heavy atom. The molecule has 1 amide bonds. The van der Waals surface area contributed by atoms with Crippen molar-refractivity contribution in [2.24, 2.45) is 5.10 Å². The number of rotatable bonds is 5. The van der Waals surface area contributed by atoms with E-state index in [0.29, 0.717) is 16.6 Å². The summed E-state index contributed by atoms with van der Waals surface area (Å²) >= 11 is 6.74. The van der Waals surface area contributed by atoms with E-state index in [9.17, 15) is 9.18 Å². The molecular weight excluding hydrogens is 467 g/mol. The number of hydrogen-bond acceptors (Lipinski definition) is 3. The molecule has 0 aliphatic carbocycles. The van der Waals surface area contributed by atoms with Crippen molar-refractivity contribution in [3.8, 4) is 0 Å². The van der Waals surface area contributed by atoms with E-state index in [0.717, 1.165) is 10.0 Å². The van der Waals surface area contributed by atoms with Gasteiger partial charge in [-0.05, 0) is 51.3 Å². The maximum Gasteiger partial charge on any atom is 0.293 e. The van der Waals surface area contributed by atoms with E-state index in [1.807, 2.05) is 24.3 Å². The fraction of sp³-hybridized carbons (Fsp3) is 0.0556. The standard InChI is InChI=1S/C18H13Br2FN4O/c19-14-5-1-13(2-6-14)10-25-11-16(20)17(24-25)18(26)23-22-9-12-3-7-15(21)8-4-12/h1-9,11H,10H2,(H,23,26)/b22-9+. The molecule has 0 aliphatic heterocycles. The number of nitrogens with one attached hydrogen (secondary N) is 1. The number of aromatic nitrogens is 2. The highest BCUT2D eigenvalue weighted by Crippen LogP contribution is 2.17. The van der Waals surface area contributed by atoms with E-state index in [2.05, 4.69) is 47.5 Å². The average Bonchev–Trinajstić information content (AvgIpc) is 2.99. The lowest BCUT2D eigenvalue weighted by Gasteiger charge is -2.02. The molecule has 5 nitrogen and oxygen atoms in total. The minimum absolute atomic E-state index is 0.235. The number of amides is 1. The lowest BCUT2D eigenvalue weighted by atomic mass is 10.2. The topological polar surface area (TPSA) is 59.3 Å². The van der Waals surface area contributed by atoms with E-state index in [1.165, 1.54) is 18.3 Å². The van der Waals surface area contributed by atoms with Crippen molar-refractivity contribution in [1.82, 2.24) is 15.2 Å². The second kappa shape index (κ2) is 8.37. The molecule has 1 aromatic heterocycles. The summed E-state index contributed by atoms with van der Waals surface area (Å²) in [5, 5.41) is 8.16. The molecule has 0 saturated heterocycles. The van der Waals surface area contributed by atoms with Crippen molar-refractivity contribution >= 4 is 44.0 Å². The number of carbonyl (C=O) groups excluding carboxylic acids is 1. The van der Waals surface area contributed by atoms with E-state index in [-0.39, 0.29) is 11.5 Å². The average molecular weight is 480 g/mol. The van der Waals surface area contributed by atoms with Gasteiger partial charge in [-0.25, -0.2) is 9.82 Å². The van der Waals surface area contributed by atoms with Gasteiger partial charge in [0, 0.05) is 10.7 Å². The van der Waals surface area contributed by atoms with Crippen molar-refractivity contribution in [3.63, 3.8) is 0 Å². The highest BCUT2D eigenvalue weighted by molar-refractivity contribution is 9.10. The Morgan fingerprint density at radius 1 is 1.15 bits per heavy atom. The summed E-state index contributed by atoms with van der Waals surface area (Å²) in [6, 6.07) is 13.6. The maximum atomic E-state index is 12.8. The first-order valence-corrected chi connectivity index (χ1v) is 9.16. The highest BCUT2D eigenvalue weighted by Gasteiger charge is 2.14. The maximum absolute atomic E-state index is 12.8. The second-order valence-corrected chi connectivity index (χ2v) is 7.17. The highest BCUT2D eigenvalue weighted by atomic mass is 79.9. The van der Waals surface area contributed by atoms with Gasteiger partial charge in [0.1, 0.15) is 5.82 Å². The van der Waals surface area contributed by atoms with Crippen LogP contribution in [-0.4, -0.2) is 21.9 Å². The number of halogens is 3. The van der Waals surface area contributed by atoms with Gasteiger partial charge in [0.05, 0.1) is 17.2 Å². The molecule has 0 radical (unpaired) electrons. The Morgan fingerprint density at radius 2 is 1.85 bits per heavy atom. The van der Waals surface area contributed by atoms with Crippen molar-refractivity contribution < 1.29 is 9.18 Å². The predicted molar refractivity (Wildman–Crippen MR) is 105 cm³/mol. The summed E-state index contributed by atoms with van der Waals surface area (Å²) in [4.78, 5) is 12.2. The first-order chi connectivity index (χ1) is 12.5. The quantitative estimate of drug-likeness (QED) is 0.436. The van der Waals surface area contributed by atoms with Crippen LogP contribution in [0.5, 0.6) is 0 Å². The van der Waals surface area contributed by atoms with Gasteiger partial charge in [-0.3, -0.25) is 9.48 Å². The van der Waals surface area contributed by atoms with Crippen molar-refractivity contribution in [2.45, 2.75) is 6.54 Å². The fourth-order valence-corrected chi connectivity index (χ4v) is 2.94. The zero-order chi connectivity index (χ0) is 18.5. The van der Waals surface area contributed by atoms with Crippen LogP contribution in [0.15, 0.2) is 68.8 Å². The summed E-state index contributed by atoms with van der Waals surface area (Å²) in [6.07, 6.45) is 3.17. The van der Waals surface area contributed by atoms with Gasteiger partial charge in [-0.2, -0.15) is 10.2 Å². The summed E-state index contributed by atoms with van der Waals surface area (Å²) in [5.41, 5.74) is 4.38. The third kappa shape index (κ3) is 4.86. The molecule has 0 bridgehead atoms. The van der Waals surface area contributed by atoms with Crippen LogP contribution in [0.25, 0.3) is 0 Å². The van der Waals surface area contributed by atoms with Gasteiger partial charge >= 0.3 is 0 Å². The second-order valence-electron chi connectivity index (χ2n) is 5.40. The van der Waals surface area contributed by atoms with Crippen molar-refractivity contribution in [2.75, 3.05) is 0 Å². The van der Waals surface area contributed by atoms with Gasteiger partial charge < -0.3 is 0 Å². The molecule has 0 aliphatic rings. The molecular formula is C18H13Br2FN4O. The van der Waals surface area contributed by atoms with Crippen LogP contribution in [0, 0.1) is 5.82 Å². The van der Waals surface area contributed by atoms with Gasteiger partial charge in [-0.1, -0.05) is 40.2 Å². The number of benzene rings is 2. The van der Waals surface area contributed by atoms with E-state index >= 15 is 0 Å². The van der Waals surface area contributed by atoms with Gasteiger partial charge in [0.2, 0.25) is 0 Å². The third-order valence-corrected chi connectivity index (χ3v) is 4.55. The fourth-order valence-electron chi connectivity index (χ4n) is 2.18. The third-order valence-electron chi connectivity index (χ3n) is 3.44. The lowest BCUT2D eigenvalue weighted by Crippen LogP contribution is -2.19. The zero-order valence-corrected chi connectivity index (χ0v) is 16.5. The number of hydrazone groups is 1. The normalized spacial score (nSPS) is 11.0. The summed E-state index contributed by atoms with van der Waals surface area (Å²) in [6.45, 7) is 0.540. The van der Waals surface area contributed by atoms with Gasteiger partial charge in [0.15, 0.2) is 5.69 Å². The van der Waals surface area contributed by atoms with E-state index in [1.54, 1.807) is 23.0 Å². The molecule has 3 aromatic rings. The molecule has 1 heterocycles. The molecule has 0 saturated carbocycles. The van der Waals surface area contributed by atoms with Gasteiger partial charge in [0.25, 0.3) is 5.91 Å². The predicted octanol–water partition coefficient (Wildman–Crippen LogP) is 4.36. The van der Waals surface area contributed by atoms with Crippen LogP contribution in [-0.2, 0) is 6.54 Å². The Bertz CT molecular complexity index is 937. The molecule has 26 heavy (non-hydrogen) atoms. The Labute approximate surface area is 166 Å². The SMILES string of the molecule is O=C(N/N=C/c1ccc(F)cc1)c1nn(Cc2ccc(Br)cc2)cc1Br. The van der Waals surface area contributed by atoms with E-state index in [4.69, 9.17) is 0 Å². The smallest absolute Gasteiger partial charge is 0.266 e. The van der Waals surface area contributed by atoms with Crippen LogP contribution < -0.4 is 5.43 Å². The van der Waals surface area contributed by atoms with Crippen molar-refractivity contribution in [3.05, 3.63) is 86.3 Å². The van der Waals surface area contributed by atoms with Crippen LogP contribution in [0.2, 0.25) is 0 Å². The minimum Gasteiger partial charge on any atom is -0.266 e. The summed E-state index contributed by atoms with van der Waals surface area (Å²) < 4.78 is 16.1. The lowest BCUT2D eigenvalue weighted by molar-refractivity contribution is 0.0948. The molecule has 3 rings (SSSR count). The van der Waals surface area contributed by atoms with Gasteiger partial charge in [-0.15, -0.1) is 0 Å². The molecule has 0 atom stereocenters. The summed E-state index contributed by atoms with van der Waals surface area (Å²) in [7, 11) is 0. The van der Waals surface area contributed by atoms with Crippen molar-refractivity contribution in [1.29, 1.82) is 0 Å². The Kier molecular flexibility index (Phi) is 5.95. The van der Waals surface area contributed by atoms with Crippen LogP contribution in [0.1, 0.15) is 21.6 Å². The van der Waals surface area contributed by atoms with Crippen LogP contribution >= 0.6 is 31.9 Å². The Hall–Kier alpha value is -2.32. The molecule has 132 valence electrons. The molecule has 0 fully saturated rings. The first kappa shape index (κ1) is 18.5. The van der Waals surface area contributed by atoms with E-state index < -0.39 is 5.91 Å².